The second kappa shape index (κ2) is 12.0. The van der Waals surface area contributed by atoms with E-state index >= 15 is 0 Å². The Hall–Kier alpha value is -4.34. The highest BCUT2D eigenvalue weighted by atomic mass is 16.5. The van der Waals surface area contributed by atoms with Crippen LogP contribution in [0.4, 0.5) is 0 Å². The van der Waals surface area contributed by atoms with E-state index in [0.29, 0.717) is 17.9 Å². The molecule has 0 aliphatic carbocycles. The predicted octanol–water partition coefficient (Wildman–Crippen LogP) is 4.04. The monoisotopic (exact) mass is 549 g/mol. The van der Waals surface area contributed by atoms with E-state index in [1.54, 1.807) is 7.11 Å². The molecule has 9 heteroatoms. The first kappa shape index (κ1) is 26.9. The van der Waals surface area contributed by atoms with Crippen molar-refractivity contribution in [2.75, 3.05) is 33.3 Å². The van der Waals surface area contributed by atoms with Gasteiger partial charge in [0.25, 0.3) is 5.56 Å². The number of aromatic amines is 1. The van der Waals surface area contributed by atoms with Crippen LogP contribution in [0.2, 0.25) is 0 Å². The van der Waals surface area contributed by atoms with Crippen LogP contribution in [0.5, 0.6) is 5.75 Å². The smallest absolute Gasteiger partial charge is 0.253 e. The number of rotatable bonds is 9. The van der Waals surface area contributed by atoms with Crippen molar-refractivity contribution in [2.24, 2.45) is 0 Å². The van der Waals surface area contributed by atoms with Crippen LogP contribution < -0.4 is 10.3 Å². The van der Waals surface area contributed by atoms with E-state index in [1.807, 2.05) is 47.1 Å². The van der Waals surface area contributed by atoms with Crippen molar-refractivity contribution in [1.29, 1.82) is 0 Å². The van der Waals surface area contributed by atoms with Gasteiger partial charge >= 0.3 is 0 Å². The number of methoxy groups -OCH3 is 1. The molecule has 210 valence electrons. The molecule has 0 radical (unpaired) electrons. The van der Waals surface area contributed by atoms with Crippen molar-refractivity contribution in [3.05, 3.63) is 117 Å². The lowest BCUT2D eigenvalue weighted by Gasteiger charge is -2.38. The van der Waals surface area contributed by atoms with Crippen molar-refractivity contribution in [3.63, 3.8) is 0 Å². The summed E-state index contributed by atoms with van der Waals surface area (Å²) in [6, 6.07) is 26.3. The Kier molecular flexibility index (Phi) is 7.89. The average Bonchev–Trinajstić information content (AvgIpc) is 3.46. The number of benzene rings is 3. The quantitative estimate of drug-likeness (QED) is 0.297. The van der Waals surface area contributed by atoms with Crippen molar-refractivity contribution in [2.45, 2.75) is 32.5 Å². The number of hydrogen-bond acceptors (Lipinski definition) is 7. The van der Waals surface area contributed by atoms with Crippen molar-refractivity contribution in [3.8, 4) is 5.75 Å². The van der Waals surface area contributed by atoms with Gasteiger partial charge in [-0.2, -0.15) is 0 Å². The Labute approximate surface area is 239 Å². The lowest BCUT2D eigenvalue weighted by atomic mass is 10.0. The van der Waals surface area contributed by atoms with E-state index < -0.39 is 0 Å². The molecule has 41 heavy (non-hydrogen) atoms. The minimum absolute atomic E-state index is 0.113. The summed E-state index contributed by atoms with van der Waals surface area (Å²) in [5.41, 5.74) is 4.96. The van der Waals surface area contributed by atoms with Gasteiger partial charge in [0, 0.05) is 43.8 Å². The lowest BCUT2D eigenvalue weighted by Crippen LogP contribution is -2.48. The molecule has 5 aromatic rings. The molecule has 3 heterocycles. The van der Waals surface area contributed by atoms with Gasteiger partial charge in [0.1, 0.15) is 11.8 Å². The van der Waals surface area contributed by atoms with Crippen LogP contribution in [0.1, 0.15) is 41.0 Å². The first-order valence-corrected chi connectivity index (χ1v) is 14.2. The second-order valence-corrected chi connectivity index (χ2v) is 10.6. The summed E-state index contributed by atoms with van der Waals surface area (Å²) >= 11 is 0. The van der Waals surface area contributed by atoms with Crippen LogP contribution in [0, 0.1) is 0 Å². The van der Waals surface area contributed by atoms with E-state index in [4.69, 9.17) is 4.74 Å². The molecule has 1 fully saturated rings. The average molecular weight is 550 g/mol. The first-order chi connectivity index (χ1) is 20.1. The van der Waals surface area contributed by atoms with Crippen LogP contribution in [0.15, 0.2) is 83.7 Å². The Morgan fingerprint density at radius 3 is 2.34 bits per heavy atom. The molecule has 1 aliphatic heterocycles. The third-order valence-electron chi connectivity index (χ3n) is 7.96. The topological polar surface area (TPSA) is 92.2 Å². The fraction of sp³-hybridized carbons (Fsp3) is 0.312. The Morgan fingerprint density at radius 1 is 0.878 bits per heavy atom. The summed E-state index contributed by atoms with van der Waals surface area (Å²) in [6.07, 6.45) is 0.928. The summed E-state index contributed by atoms with van der Waals surface area (Å²) in [4.78, 5) is 21.6. The molecule has 2 aromatic heterocycles. The normalized spacial score (nSPS) is 15.3. The SMILES string of the molecule is CCc1ccc2[nH]c(=O)c([C@H](c3nnnn3Cc3ccc(OC)cc3)N3CCN(Cc4ccccc4)CC3)cc2c1. The molecule has 1 saturated heterocycles. The molecule has 1 aliphatic rings. The Morgan fingerprint density at radius 2 is 1.61 bits per heavy atom. The highest BCUT2D eigenvalue weighted by molar-refractivity contribution is 5.80. The number of H-pyrrole nitrogens is 1. The Balaban J connectivity index is 1.35. The second-order valence-electron chi connectivity index (χ2n) is 10.6. The number of aromatic nitrogens is 5. The van der Waals surface area contributed by atoms with Gasteiger partial charge in [0.2, 0.25) is 0 Å². The van der Waals surface area contributed by atoms with E-state index in [1.165, 1.54) is 11.1 Å². The van der Waals surface area contributed by atoms with Gasteiger partial charge in [0.05, 0.1) is 13.7 Å². The van der Waals surface area contributed by atoms with Crippen molar-refractivity contribution < 1.29 is 4.74 Å². The number of piperazine rings is 1. The van der Waals surface area contributed by atoms with Crippen LogP contribution >= 0.6 is 0 Å². The van der Waals surface area contributed by atoms with Crippen LogP contribution in [0.3, 0.4) is 0 Å². The number of ether oxygens (including phenoxy) is 1. The van der Waals surface area contributed by atoms with E-state index in [2.05, 4.69) is 73.6 Å². The van der Waals surface area contributed by atoms with Crippen LogP contribution in [-0.4, -0.2) is 68.3 Å². The summed E-state index contributed by atoms with van der Waals surface area (Å²) in [7, 11) is 1.66. The third-order valence-corrected chi connectivity index (χ3v) is 7.96. The molecule has 0 bridgehead atoms. The van der Waals surface area contributed by atoms with Crippen LogP contribution in [0.25, 0.3) is 10.9 Å². The highest BCUT2D eigenvalue weighted by Crippen LogP contribution is 2.29. The minimum atomic E-state index is -0.388. The summed E-state index contributed by atoms with van der Waals surface area (Å²) in [5, 5.41) is 14.0. The lowest BCUT2D eigenvalue weighted by molar-refractivity contribution is 0.0998. The molecule has 0 saturated carbocycles. The molecular weight excluding hydrogens is 514 g/mol. The number of nitrogens with zero attached hydrogens (tertiary/aromatic N) is 6. The van der Waals surface area contributed by atoms with Gasteiger partial charge < -0.3 is 9.72 Å². The molecule has 9 nitrogen and oxygen atoms in total. The summed E-state index contributed by atoms with van der Waals surface area (Å²) in [6.45, 7) is 6.89. The molecule has 0 unspecified atom stereocenters. The maximum absolute atomic E-state index is 13.6. The number of hydrogen-bond donors (Lipinski definition) is 1. The fourth-order valence-corrected chi connectivity index (χ4v) is 5.64. The minimum Gasteiger partial charge on any atom is -0.497 e. The largest absolute Gasteiger partial charge is 0.497 e. The molecular formula is C32H35N7O2. The summed E-state index contributed by atoms with van der Waals surface area (Å²) < 4.78 is 7.13. The van der Waals surface area contributed by atoms with Crippen molar-refractivity contribution >= 4 is 10.9 Å². The highest BCUT2D eigenvalue weighted by Gasteiger charge is 2.32. The number of aryl methyl sites for hydroxylation is 1. The Bertz CT molecular complexity index is 1660. The van der Waals surface area contributed by atoms with E-state index in [0.717, 1.165) is 61.4 Å². The molecule has 1 atom stereocenters. The third kappa shape index (κ3) is 5.91. The fourth-order valence-electron chi connectivity index (χ4n) is 5.64. The zero-order chi connectivity index (χ0) is 28.2. The maximum atomic E-state index is 13.6. The van der Waals surface area contributed by atoms with Crippen LogP contribution in [-0.2, 0) is 19.5 Å². The van der Waals surface area contributed by atoms with Gasteiger partial charge in [-0.15, -0.1) is 5.10 Å². The van der Waals surface area contributed by atoms with Gasteiger partial charge in [-0.25, -0.2) is 4.68 Å². The van der Waals surface area contributed by atoms with Gasteiger partial charge in [-0.3, -0.25) is 14.6 Å². The first-order valence-electron chi connectivity index (χ1n) is 14.2. The van der Waals surface area contributed by atoms with E-state index in [-0.39, 0.29) is 11.6 Å². The number of pyridine rings is 1. The number of fused-ring (bicyclic) bond motifs is 1. The number of tetrazole rings is 1. The van der Waals surface area contributed by atoms with E-state index in [9.17, 15) is 4.79 Å². The summed E-state index contributed by atoms with van der Waals surface area (Å²) in [5.74, 6) is 1.46. The zero-order valence-corrected chi connectivity index (χ0v) is 23.5. The number of nitrogens with one attached hydrogen (secondary N) is 1. The van der Waals surface area contributed by atoms with Gasteiger partial charge in [0.15, 0.2) is 5.82 Å². The van der Waals surface area contributed by atoms with Crippen molar-refractivity contribution in [1.82, 2.24) is 35.0 Å². The van der Waals surface area contributed by atoms with Gasteiger partial charge in [-0.05, 0) is 69.3 Å². The molecule has 0 amide bonds. The maximum Gasteiger partial charge on any atom is 0.253 e. The predicted molar refractivity (Wildman–Crippen MR) is 159 cm³/mol. The molecule has 6 rings (SSSR count). The molecule has 3 aromatic carbocycles. The zero-order valence-electron chi connectivity index (χ0n) is 23.5. The molecule has 1 N–H and O–H groups in total. The standard InChI is InChI=1S/C32H35N7O2/c1-3-23-11-14-29-26(19-23)20-28(32(40)33-29)30(38-17-15-37(16-18-38)21-24-7-5-4-6-8-24)31-34-35-36-39(31)22-25-9-12-27(41-2)13-10-25/h4-14,19-20,30H,3,15-18,21-22H2,1-2H3,(H,33,40)/t30-/m1/s1. The molecule has 0 spiro atoms. The van der Waals surface area contributed by atoms with Gasteiger partial charge in [-0.1, -0.05) is 55.5 Å².